The summed E-state index contributed by atoms with van der Waals surface area (Å²) in [6.45, 7) is 5.28. The van der Waals surface area contributed by atoms with Crippen LogP contribution in [0.4, 0.5) is 4.79 Å². The monoisotopic (exact) mass is 320 g/mol. The molecule has 2 rings (SSSR count). The van der Waals surface area contributed by atoms with E-state index in [0.29, 0.717) is 6.54 Å². The van der Waals surface area contributed by atoms with Crippen LogP contribution in [0.1, 0.15) is 39.5 Å². The van der Waals surface area contributed by atoms with E-state index in [1.165, 1.54) is 0 Å². The average molecular weight is 320 g/mol. The van der Waals surface area contributed by atoms with Gasteiger partial charge in [0.15, 0.2) is 0 Å². The summed E-state index contributed by atoms with van der Waals surface area (Å²) in [5, 5.41) is 8.84. The minimum atomic E-state index is -0.146. The van der Waals surface area contributed by atoms with Crippen LogP contribution in [0.5, 0.6) is 0 Å². The summed E-state index contributed by atoms with van der Waals surface area (Å²) in [6.07, 6.45) is 7.49. The molecule has 1 aromatic heterocycles. The van der Waals surface area contributed by atoms with Crippen molar-refractivity contribution < 1.29 is 9.59 Å². The Bertz CT molecular complexity index is 499. The molecule has 3 N–H and O–H groups in total. The van der Waals surface area contributed by atoms with Crippen molar-refractivity contribution in [3.63, 3.8) is 0 Å². The zero-order chi connectivity index (χ0) is 16.7. The van der Waals surface area contributed by atoms with E-state index in [1.54, 1.807) is 0 Å². The van der Waals surface area contributed by atoms with Gasteiger partial charge in [0.05, 0.1) is 0 Å². The Morgan fingerprint density at radius 1 is 1.22 bits per heavy atom. The first kappa shape index (κ1) is 17.4. The van der Waals surface area contributed by atoms with Gasteiger partial charge in [-0.2, -0.15) is 0 Å². The zero-order valence-corrected chi connectivity index (χ0v) is 14.0. The Kier molecular flexibility index (Phi) is 6.50. The van der Waals surface area contributed by atoms with E-state index >= 15 is 0 Å². The highest BCUT2D eigenvalue weighted by atomic mass is 16.2. The first-order valence-corrected chi connectivity index (χ1v) is 8.50. The van der Waals surface area contributed by atoms with Crippen LogP contribution in [0.2, 0.25) is 0 Å². The Morgan fingerprint density at radius 3 is 2.65 bits per heavy atom. The lowest BCUT2D eigenvalue weighted by molar-refractivity contribution is -0.126. The van der Waals surface area contributed by atoms with E-state index in [1.807, 2.05) is 42.9 Å². The van der Waals surface area contributed by atoms with E-state index in [9.17, 15) is 9.59 Å². The first-order chi connectivity index (χ1) is 11.0. The van der Waals surface area contributed by atoms with Crippen LogP contribution in [-0.4, -0.2) is 35.1 Å². The second-order valence-electron chi connectivity index (χ2n) is 6.54. The van der Waals surface area contributed by atoms with Gasteiger partial charge in [-0.15, -0.1) is 0 Å². The summed E-state index contributed by atoms with van der Waals surface area (Å²) in [7, 11) is 0. The Balaban J connectivity index is 1.69. The number of carbonyl (C=O) groups is 2. The highest BCUT2D eigenvalue weighted by molar-refractivity contribution is 5.79. The minimum Gasteiger partial charge on any atom is -0.354 e. The van der Waals surface area contributed by atoms with Gasteiger partial charge in [-0.05, 0) is 45.2 Å². The van der Waals surface area contributed by atoms with Crippen molar-refractivity contribution in [3.05, 3.63) is 24.5 Å². The molecule has 1 aliphatic rings. The normalized spacial score (nSPS) is 21.0. The highest BCUT2D eigenvalue weighted by Gasteiger charge is 2.28. The second-order valence-corrected chi connectivity index (χ2v) is 6.54. The SMILES string of the molecule is CC(C)NC(=O)[C@@H]1CCC[C@@H](NC(=O)NCCn2cccc2)C1. The molecule has 2 atom stereocenters. The molecule has 0 unspecified atom stereocenters. The quantitative estimate of drug-likeness (QED) is 0.748. The fraction of sp³-hybridized carbons (Fsp3) is 0.647. The minimum absolute atomic E-state index is 0.0105. The second kappa shape index (κ2) is 8.60. The topological polar surface area (TPSA) is 75.2 Å². The molecule has 1 heterocycles. The maximum atomic E-state index is 12.1. The average Bonchev–Trinajstić information content (AvgIpc) is 3.00. The van der Waals surface area contributed by atoms with E-state index in [4.69, 9.17) is 0 Å². The van der Waals surface area contributed by atoms with Crippen molar-refractivity contribution in [3.8, 4) is 0 Å². The van der Waals surface area contributed by atoms with E-state index in [0.717, 1.165) is 32.2 Å². The molecular formula is C17H28N4O2. The number of nitrogens with one attached hydrogen (secondary N) is 3. The van der Waals surface area contributed by atoms with E-state index < -0.39 is 0 Å². The Labute approximate surface area is 138 Å². The van der Waals surface area contributed by atoms with Crippen LogP contribution in [0.15, 0.2) is 24.5 Å². The number of urea groups is 1. The molecule has 128 valence electrons. The third kappa shape index (κ3) is 5.96. The third-order valence-electron chi connectivity index (χ3n) is 4.13. The van der Waals surface area contributed by atoms with Crippen LogP contribution in [0.25, 0.3) is 0 Å². The summed E-state index contributed by atoms with van der Waals surface area (Å²) < 4.78 is 2.02. The molecule has 1 aliphatic carbocycles. The summed E-state index contributed by atoms with van der Waals surface area (Å²) >= 11 is 0. The number of rotatable bonds is 6. The lowest BCUT2D eigenvalue weighted by atomic mass is 9.85. The van der Waals surface area contributed by atoms with Crippen LogP contribution in [-0.2, 0) is 11.3 Å². The van der Waals surface area contributed by atoms with Gasteiger partial charge >= 0.3 is 6.03 Å². The van der Waals surface area contributed by atoms with Crippen molar-refractivity contribution in [1.82, 2.24) is 20.5 Å². The molecule has 1 fully saturated rings. The molecule has 0 spiro atoms. The molecule has 0 bridgehead atoms. The number of carbonyl (C=O) groups excluding carboxylic acids is 2. The molecule has 1 aromatic rings. The summed E-state index contributed by atoms with van der Waals surface area (Å²) in [5.74, 6) is 0.121. The predicted molar refractivity (Wildman–Crippen MR) is 90.0 cm³/mol. The molecule has 3 amide bonds. The molecular weight excluding hydrogens is 292 g/mol. The fourth-order valence-electron chi connectivity index (χ4n) is 3.02. The number of nitrogens with zero attached hydrogens (tertiary/aromatic N) is 1. The molecule has 6 heteroatoms. The molecule has 0 saturated heterocycles. The summed E-state index contributed by atoms with van der Waals surface area (Å²) in [5.41, 5.74) is 0. The maximum absolute atomic E-state index is 12.1. The maximum Gasteiger partial charge on any atom is 0.315 e. The van der Waals surface area contributed by atoms with Gasteiger partial charge in [0.2, 0.25) is 5.91 Å². The summed E-state index contributed by atoms with van der Waals surface area (Å²) in [4.78, 5) is 24.1. The number of aromatic nitrogens is 1. The lowest BCUT2D eigenvalue weighted by Crippen LogP contribution is -2.47. The van der Waals surface area contributed by atoms with E-state index in [-0.39, 0.29) is 29.9 Å². The van der Waals surface area contributed by atoms with Gasteiger partial charge in [0, 0.05) is 43.5 Å². The Hall–Kier alpha value is -1.98. The van der Waals surface area contributed by atoms with Gasteiger partial charge in [0.25, 0.3) is 0 Å². The van der Waals surface area contributed by atoms with Crippen molar-refractivity contribution in [2.75, 3.05) is 6.54 Å². The molecule has 0 aromatic carbocycles. The molecule has 23 heavy (non-hydrogen) atoms. The third-order valence-corrected chi connectivity index (χ3v) is 4.13. The predicted octanol–water partition coefficient (Wildman–Crippen LogP) is 1.87. The first-order valence-electron chi connectivity index (χ1n) is 8.50. The largest absolute Gasteiger partial charge is 0.354 e. The van der Waals surface area contributed by atoms with Crippen LogP contribution >= 0.6 is 0 Å². The smallest absolute Gasteiger partial charge is 0.315 e. The van der Waals surface area contributed by atoms with Crippen molar-refractivity contribution in [2.24, 2.45) is 5.92 Å². The Morgan fingerprint density at radius 2 is 1.96 bits per heavy atom. The van der Waals surface area contributed by atoms with Crippen molar-refractivity contribution >= 4 is 11.9 Å². The van der Waals surface area contributed by atoms with Crippen LogP contribution in [0, 0.1) is 5.92 Å². The van der Waals surface area contributed by atoms with Gasteiger partial charge in [0.1, 0.15) is 0 Å². The molecule has 0 aliphatic heterocycles. The number of hydrogen-bond acceptors (Lipinski definition) is 2. The van der Waals surface area contributed by atoms with Gasteiger partial charge < -0.3 is 20.5 Å². The zero-order valence-electron chi connectivity index (χ0n) is 14.0. The lowest BCUT2D eigenvalue weighted by Gasteiger charge is -2.29. The molecule has 0 radical (unpaired) electrons. The van der Waals surface area contributed by atoms with Crippen LogP contribution in [0.3, 0.4) is 0 Å². The molecule has 6 nitrogen and oxygen atoms in total. The van der Waals surface area contributed by atoms with Crippen molar-refractivity contribution in [2.45, 2.75) is 58.2 Å². The number of hydrogen-bond donors (Lipinski definition) is 3. The van der Waals surface area contributed by atoms with Crippen molar-refractivity contribution in [1.29, 1.82) is 0 Å². The molecule has 1 saturated carbocycles. The fourth-order valence-corrected chi connectivity index (χ4v) is 3.02. The van der Waals surface area contributed by atoms with E-state index in [2.05, 4.69) is 16.0 Å². The van der Waals surface area contributed by atoms with Crippen LogP contribution < -0.4 is 16.0 Å². The van der Waals surface area contributed by atoms with Gasteiger partial charge in [-0.1, -0.05) is 6.42 Å². The number of amides is 3. The van der Waals surface area contributed by atoms with Gasteiger partial charge in [-0.25, -0.2) is 4.79 Å². The highest BCUT2D eigenvalue weighted by Crippen LogP contribution is 2.24. The standard InChI is InChI=1S/C17H28N4O2/c1-13(2)19-16(22)14-6-5-7-15(12-14)20-17(23)18-8-11-21-9-3-4-10-21/h3-4,9-10,13-15H,5-8,11-12H2,1-2H3,(H,19,22)(H2,18,20,23)/t14-,15-/m1/s1. The van der Waals surface area contributed by atoms with Gasteiger partial charge in [-0.3, -0.25) is 4.79 Å². The summed E-state index contributed by atoms with van der Waals surface area (Å²) in [6, 6.07) is 4.02.